The van der Waals surface area contributed by atoms with Crippen LogP contribution in [0.15, 0.2) is 53.0 Å². The first-order chi connectivity index (χ1) is 22.4. The fourth-order valence-electron chi connectivity index (χ4n) is 6.03. The van der Waals surface area contributed by atoms with Crippen molar-refractivity contribution in [3.8, 4) is 28.7 Å². The molecule has 2 aromatic carbocycles. The lowest BCUT2D eigenvalue weighted by Crippen LogP contribution is -2.47. The predicted molar refractivity (Wildman–Crippen MR) is 174 cm³/mol. The Labute approximate surface area is 275 Å². The van der Waals surface area contributed by atoms with Crippen LogP contribution in [-0.4, -0.2) is 89.5 Å². The van der Waals surface area contributed by atoms with Gasteiger partial charge in [-0.15, -0.1) is 0 Å². The zero-order valence-corrected chi connectivity index (χ0v) is 28.4. The summed E-state index contributed by atoms with van der Waals surface area (Å²) in [6.07, 6.45) is 5.53. The number of unbranched alkanes of at least 4 members (excludes halogenated alkanes) is 1. The second-order valence-electron chi connectivity index (χ2n) is 11.2. The van der Waals surface area contributed by atoms with Crippen LogP contribution < -0.4 is 23.7 Å². The van der Waals surface area contributed by atoms with E-state index < -0.39 is 45.1 Å². The van der Waals surface area contributed by atoms with E-state index in [0.717, 1.165) is 6.29 Å². The summed E-state index contributed by atoms with van der Waals surface area (Å²) in [5, 5.41) is 31.2. The van der Waals surface area contributed by atoms with Gasteiger partial charge < -0.3 is 43.8 Å². The van der Waals surface area contributed by atoms with Gasteiger partial charge >= 0.3 is 5.97 Å². The summed E-state index contributed by atoms with van der Waals surface area (Å²) >= 11 is 0. The number of carbonyl (C=O) groups is 2. The molecule has 0 heterocycles. The molecule has 0 bridgehead atoms. The molecule has 0 spiro atoms. The third kappa shape index (κ3) is 7.26. The van der Waals surface area contributed by atoms with Crippen molar-refractivity contribution in [2.45, 2.75) is 61.4 Å². The molecule has 3 atom stereocenters. The van der Waals surface area contributed by atoms with Crippen molar-refractivity contribution in [3.05, 3.63) is 59.2 Å². The molecule has 0 saturated carbocycles. The van der Waals surface area contributed by atoms with Crippen molar-refractivity contribution in [1.29, 1.82) is 0 Å². The smallest absolute Gasteiger partial charge is 0.334 e. The van der Waals surface area contributed by atoms with E-state index in [0.29, 0.717) is 47.6 Å². The van der Waals surface area contributed by atoms with Gasteiger partial charge in [-0.05, 0) is 61.6 Å². The van der Waals surface area contributed by atoms with Crippen molar-refractivity contribution >= 4 is 22.1 Å². The molecule has 0 fully saturated rings. The molecule has 2 aromatic rings. The minimum atomic E-state index is -4.16. The number of ether oxygens (including phenoxy) is 5. The Bertz CT molecular complexity index is 1590. The second-order valence-corrected chi connectivity index (χ2v) is 13.3. The van der Waals surface area contributed by atoms with Gasteiger partial charge in [0.15, 0.2) is 38.9 Å². The summed E-state index contributed by atoms with van der Waals surface area (Å²) in [5.74, 6) is -1.11. The van der Waals surface area contributed by atoms with Crippen LogP contribution in [0.2, 0.25) is 0 Å². The average Bonchev–Trinajstić information content (AvgIpc) is 3.06. The minimum Gasteiger partial charge on any atom is -0.493 e. The van der Waals surface area contributed by atoms with Gasteiger partial charge in [0.05, 0.1) is 52.8 Å². The second kappa shape index (κ2) is 15.7. The maximum atomic E-state index is 13.4. The number of aliphatic hydroxyl groups excluding tert-OH is 2. The number of aldehydes is 1. The Kier molecular flexibility index (Phi) is 12.5. The Morgan fingerprint density at radius 1 is 0.936 bits per heavy atom. The number of aliphatic carboxylic acids is 1. The van der Waals surface area contributed by atoms with Crippen LogP contribution in [-0.2, 0) is 30.3 Å². The van der Waals surface area contributed by atoms with E-state index in [1.165, 1.54) is 40.6 Å². The van der Waals surface area contributed by atoms with Crippen molar-refractivity contribution in [1.82, 2.24) is 0 Å². The maximum Gasteiger partial charge on any atom is 0.334 e. The predicted octanol–water partition coefficient (Wildman–Crippen LogP) is 3.78. The maximum absolute atomic E-state index is 13.4. The molecule has 1 aliphatic carbocycles. The van der Waals surface area contributed by atoms with Crippen molar-refractivity contribution < 1.29 is 57.0 Å². The Morgan fingerprint density at radius 2 is 1.53 bits per heavy atom. The number of hydrogen-bond acceptors (Lipinski definition) is 11. The third-order valence-corrected chi connectivity index (χ3v) is 10.1. The highest BCUT2D eigenvalue weighted by Gasteiger charge is 2.49. The number of aliphatic hydroxyl groups is 2. The Balaban J connectivity index is 2.42. The van der Waals surface area contributed by atoms with Gasteiger partial charge in [0, 0.05) is 11.8 Å². The average molecular weight is 677 g/mol. The molecule has 0 saturated heterocycles. The van der Waals surface area contributed by atoms with Crippen LogP contribution in [0.3, 0.4) is 0 Å². The first kappa shape index (κ1) is 37.4. The molecular formula is C34H44O12S. The molecule has 258 valence electrons. The van der Waals surface area contributed by atoms with Gasteiger partial charge in [0.1, 0.15) is 11.2 Å². The third-order valence-electron chi connectivity index (χ3n) is 8.41. The molecule has 13 heteroatoms. The molecule has 2 unspecified atom stereocenters. The zero-order chi connectivity index (χ0) is 35.0. The first-order valence-corrected chi connectivity index (χ1v) is 16.8. The number of carboxylic acid groups (broad SMARTS) is 1. The molecule has 3 rings (SSSR count). The summed E-state index contributed by atoms with van der Waals surface area (Å²) in [6.45, 7) is 2.99. The molecule has 12 nitrogen and oxygen atoms in total. The van der Waals surface area contributed by atoms with Crippen molar-refractivity contribution in [2.24, 2.45) is 0 Å². The molecular weight excluding hydrogens is 632 g/mol. The number of carbonyl (C=O) groups excluding carboxylic acids is 1. The highest BCUT2D eigenvalue weighted by Crippen LogP contribution is 2.51. The van der Waals surface area contributed by atoms with E-state index in [1.807, 2.05) is 6.92 Å². The summed E-state index contributed by atoms with van der Waals surface area (Å²) < 4.78 is 54.9. The highest BCUT2D eigenvalue weighted by atomic mass is 32.2. The van der Waals surface area contributed by atoms with E-state index in [2.05, 4.69) is 0 Å². The Hall–Kier alpha value is -4.07. The molecule has 47 heavy (non-hydrogen) atoms. The van der Waals surface area contributed by atoms with E-state index in [1.54, 1.807) is 37.3 Å². The Morgan fingerprint density at radius 3 is 2.02 bits per heavy atom. The van der Waals surface area contributed by atoms with Gasteiger partial charge in [0.25, 0.3) is 0 Å². The summed E-state index contributed by atoms with van der Waals surface area (Å²) in [5.41, 5.74) is -1.55. The van der Waals surface area contributed by atoms with Gasteiger partial charge in [-0.25, -0.2) is 13.2 Å². The van der Waals surface area contributed by atoms with Crippen LogP contribution in [0.5, 0.6) is 28.7 Å². The standard InChI is InChI=1S/C34H44O12S/c1-7-15-46-30-27(44-5)19-24(20-28(30)47(40,41)16-14-36)34(31(37)32(38)39)12-11-33(21-22(34)2,10-8-9-13-35)23-17-25(42-3)29(45-6)26(18-23)43-4/h11-13,17-21,31,36-37H,7-10,14-16H2,1-6H3,(H,38,39)/t31-,33?,34?/m0/s1. The van der Waals surface area contributed by atoms with E-state index in [4.69, 9.17) is 23.7 Å². The largest absolute Gasteiger partial charge is 0.493 e. The first-order valence-electron chi connectivity index (χ1n) is 15.1. The van der Waals surface area contributed by atoms with E-state index in [-0.39, 0.29) is 35.0 Å². The minimum absolute atomic E-state index is 0.0121. The fourth-order valence-corrected chi connectivity index (χ4v) is 7.24. The lowest BCUT2D eigenvalue weighted by atomic mass is 9.61. The molecule has 0 aliphatic heterocycles. The highest BCUT2D eigenvalue weighted by molar-refractivity contribution is 7.91. The molecule has 0 radical (unpaired) electrons. The number of methoxy groups -OCH3 is 4. The SMILES string of the molecule is CCCOc1c(OC)cc(C2([C@@H](O)C(=O)O)C=CC(CCCC=O)(c3cc(OC)c(OC)c(OC)c3)C=C2C)cc1S(=O)(=O)CCO. The van der Waals surface area contributed by atoms with E-state index >= 15 is 0 Å². The van der Waals surface area contributed by atoms with Gasteiger partial charge in [-0.1, -0.05) is 30.7 Å². The molecule has 0 amide bonds. The van der Waals surface area contributed by atoms with Crippen molar-refractivity contribution in [2.75, 3.05) is 47.4 Å². The number of hydrogen-bond donors (Lipinski definition) is 3. The quantitative estimate of drug-likeness (QED) is 0.119. The van der Waals surface area contributed by atoms with Crippen LogP contribution in [0, 0.1) is 0 Å². The van der Waals surface area contributed by atoms with E-state index in [9.17, 15) is 33.3 Å². The van der Waals surface area contributed by atoms with Crippen LogP contribution in [0.1, 0.15) is 50.7 Å². The summed E-state index contributed by atoms with van der Waals surface area (Å²) in [6, 6.07) is 6.25. The van der Waals surface area contributed by atoms with Crippen LogP contribution in [0.25, 0.3) is 0 Å². The summed E-state index contributed by atoms with van der Waals surface area (Å²) in [7, 11) is 1.61. The number of rotatable bonds is 18. The zero-order valence-electron chi connectivity index (χ0n) is 27.6. The lowest BCUT2D eigenvalue weighted by Gasteiger charge is -2.43. The number of carboxylic acids is 1. The monoisotopic (exact) mass is 676 g/mol. The van der Waals surface area contributed by atoms with Gasteiger partial charge in [-0.3, -0.25) is 0 Å². The van der Waals surface area contributed by atoms with Crippen LogP contribution >= 0.6 is 0 Å². The normalized spacial score (nSPS) is 19.8. The molecule has 0 aromatic heterocycles. The fraction of sp³-hybridized carbons (Fsp3) is 0.471. The van der Waals surface area contributed by atoms with Gasteiger partial charge in [-0.2, -0.15) is 0 Å². The van der Waals surface area contributed by atoms with Gasteiger partial charge in [0.2, 0.25) is 5.75 Å². The van der Waals surface area contributed by atoms with Crippen LogP contribution in [0.4, 0.5) is 0 Å². The number of allylic oxidation sites excluding steroid dienone is 2. The van der Waals surface area contributed by atoms with Crippen molar-refractivity contribution in [3.63, 3.8) is 0 Å². The number of sulfone groups is 1. The lowest BCUT2D eigenvalue weighted by molar-refractivity contribution is -0.149. The molecule has 3 N–H and O–H groups in total. The topological polar surface area (TPSA) is 175 Å². The number of benzene rings is 2. The molecule has 1 aliphatic rings. The summed E-state index contributed by atoms with van der Waals surface area (Å²) in [4.78, 5) is 23.6.